The van der Waals surface area contributed by atoms with Crippen molar-refractivity contribution < 1.29 is 19.4 Å². The lowest BCUT2D eigenvalue weighted by molar-refractivity contribution is 0.0602. The standard InChI is InChI=1S/C8H7ClN2O4/c1-15-7(12)4-2-3-10-6(9)5(4)11-8(13)14/h2-3,11H,1H3,(H,13,14). The first kappa shape index (κ1) is 11.3. The molecule has 2 N–H and O–H groups in total. The number of esters is 1. The lowest BCUT2D eigenvalue weighted by Crippen LogP contribution is -2.13. The minimum atomic E-state index is -1.34. The molecule has 1 heterocycles. The van der Waals surface area contributed by atoms with Crippen LogP contribution in [0.1, 0.15) is 10.4 Å². The number of anilines is 1. The van der Waals surface area contributed by atoms with Gasteiger partial charge in [0, 0.05) is 6.20 Å². The van der Waals surface area contributed by atoms with Gasteiger partial charge in [0.15, 0.2) is 5.15 Å². The van der Waals surface area contributed by atoms with E-state index in [1.54, 1.807) is 0 Å². The molecule has 0 aromatic carbocycles. The van der Waals surface area contributed by atoms with Crippen LogP contribution in [0.15, 0.2) is 12.3 Å². The number of aromatic nitrogens is 1. The molecule has 1 amide bonds. The fourth-order valence-corrected chi connectivity index (χ4v) is 1.15. The van der Waals surface area contributed by atoms with Gasteiger partial charge in [0.05, 0.1) is 18.4 Å². The number of nitrogens with one attached hydrogen (secondary N) is 1. The Bertz CT molecular complexity index is 408. The van der Waals surface area contributed by atoms with Gasteiger partial charge >= 0.3 is 12.1 Å². The van der Waals surface area contributed by atoms with E-state index < -0.39 is 12.1 Å². The van der Waals surface area contributed by atoms with Crippen LogP contribution in [0.2, 0.25) is 5.15 Å². The lowest BCUT2D eigenvalue weighted by Gasteiger charge is -2.07. The molecule has 0 fully saturated rings. The predicted molar refractivity (Wildman–Crippen MR) is 52.2 cm³/mol. The van der Waals surface area contributed by atoms with Crippen LogP contribution in [0.4, 0.5) is 10.5 Å². The molecular weight excluding hydrogens is 224 g/mol. The third kappa shape index (κ3) is 2.57. The van der Waals surface area contributed by atoms with Gasteiger partial charge in [0.25, 0.3) is 0 Å². The van der Waals surface area contributed by atoms with Crippen molar-refractivity contribution in [2.75, 3.05) is 12.4 Å². The number of ether oxygens (including phenoxy) is 1. The van der Waals surface area contributed by atoms with E-state index in [0.29, 0.717) is 0 Å². The summed E-state index contributed by atoms with van der Waals surface area (Å²) in [5, 5.41) is 10.4. The highest BCUT2D eigenvalue weighted by atomic mass is 35.5. The topological polar surface area (TPSA) is 88.5 Å². The van der Waals surface area contributed by atoms with E-state index in [1.807, 2.05) is 5.32 Å². The number of pyridine rings is 1. The summed E-state index contributed by atoms with van der Waals surface area (Å²) in [4.78, 5) is 25.3. The number of methoxy groups -OCH3 is 1. The zero-order chi connectivity index (χ0) is 11.4. The molecule has 1 aromatic heterocycles. The second-order valence-electron chi connectivity index (χ2n) is 2.45. The summed E-state index contributed by atoms with van der Waals surface area (Å²) in [5.41, 5.74) is -0.0709. The average Bonchev–Trinajstić information content (AvgIpc) is 2.19. The van der Waals surface area contributed by atoms with Gasteiger partial charge in [-0.15, -0.1) is 0 Å². The molecule has 6 nitrogen and oxygen atoms in total. The van der Waals surface area contributed by atoms with Crippen molar-refractivity contribution in [2.24, 2.45) is 0 Å². The van der Waals surface area contributed by atoms with Gasteiger partial charge in [-0.2, -0.15) is 0 Å². The monoisotopic (exact) mass is 230 g/mol. The lowest BCUT2D eigenvalue weighted by atomic mass is 10.2. The van der Waals surface area contributed by atoms with Crippen molar-refractivity contribution in [3.05, 3.63) is 23.0 Å². The first-order valence-electron chi connectivity index (χ1n) is 3.79. The molecule has 0 bridgehead atoms. The first-order valence-corrected chi connectivity index (χ1v) is 4.16. The largest absolute Gasteiger partial charge is 0.465 e. The third-order valence-corrected chi connectivity index (χ3v) is 1.83. The van der Waals surface area contributed by atoms with E-state index in [-0.39, 0.29) is 16.4 Å². The zero-order valence-corrected chi connectivity index (χ0v) is 8.41. The van der Waals surface area contributed by atoms with E-state index >= 15 is 0 Å². The van der Waals surface area contributed by atoms with Crippen molar-refractivity contribution >= 4 is 29.4 Å². The molecule has 1 aromatic rings. The average molecular weight is 231 g/mol. The number of amides is 1. The van der Waals surface area contributed by atoms with Crippen LogP contribution >= 0.6 is 11.6 Å². The number of carbonyl (C=O) groups is 2. The Morgan fingerprint density at radius 1 is 1.60 bits per heavy atom. The molecule has 0 aliphatic carbocycles. The van der Waals surface area contributed by atoms with Crippen molar-refractivity contribution in [3.8, 4) is 0 Å². The van der Waals surface area contributed by atoms with Crippen molar-refractivity contribution in [1.82, 2.24) is 4.98 Å². The molecule has 1 rings (SSSR count). The Morgan fingerprint density at radius 2 is 2.27 bits per heavy atom. The van der Waals surface area contributed by atoms with Gasteiger partial charge in [-0.25, -0.2) is 14.6 Å². The summed E-state index contributed by atoms with van der Waals surface area (Å²) in [6.07, 6.45) is -0.0585. The van der Waals surface area contributed by atoms with E-state index in [1.165, 1.54) is 19.4 Å². The summed E-state index contributed by atoms with van der Waals surface area (Å²) in [5.74, 6) is -0.692. The highest BCUT2D eigenvalue weighted by Crippen LogP contribution is 2.24. The number of carboxylic acid groups (broad SMARTS) is 1. The third-order valence-electron chi connectivity index (χ3n) is 1.54. The molecule has 15 heavy (non-hydrogen) atoms. The number of nitrogens with zero attached hydrogens (tertiary/aromatic N) is 1. The summed E-state index contributed by atoms with van der Waals surface area (Å²) >= 11 is 5.63. The summed E-state index contributed by atoms with van der Waals surface area (Å²) in [6, 6.07) is 1.31. The molecule has 0 atom stereocenters. The molecule has 80 valence electrons. The van der Waals surface area contributed by atoms with Crippen molar-refractivity contribution in [3.63, 3.8) is 0 Å². The van der Waals surface area contributed by atoms with Gasteiger partial charge in [0.2, 0.25) is 0 Å². The Balaban J connectivity index is 3.19. The summed E-state index contributed by atoms with van der Waals surface area (Å²) in [6.45, 7) is 0. The predicted octanol–water partition coefficient (Wildman–Crippen LogP) is 1.61. The van der Waals surface area contributed by atoms with Gasteiger partial charge in [0.1, 0.15) is 0 Å². The van der Waals surface area contributed by atoms with Crippen LogP contribution < -0.4 is 5.32 Å². The van der Waals surface area contributed by atoms with Crippen LogP contribution in [0.3, 0.4) is 0 Å². The fraction of sp³-hybridized carbons (Fsp3) is 0.125. The molecule has 0 aliphatic rings. The molecule has 0 spiro atoms. The second kappa shape index (κ2) is 4.61. The van der Waals surface area contributed by atoms with Gasteiger partial charge < -0.3 is 9.84 Å². The Morgan fingerprint density at radius 3 is 2.80 bits per heavy atom. The number of hydrogen-bond donors (Lipinski definition) is 2. The summed E-state index contributed by atoms with van der Waals surface area (Å²) in [7, 11) is 1.18. The Kier molecular flexibility index (Phi) is 3.46. The second-order valence-corrected chi connectivity index (χ2v) is 2.80. The number of carbonyl (C=O) groups excluding carboxylic acids is 1. The smallest absolute Gasteiger partial charge is 0.409 e. The molecular formula is C8H7ClN2O4. The minimum Gasteiger partial charge on any atom is -0.465 e. The normalized spacial score (nSPS) is 9.47. The zero-order valence-electron chi connectivity index (χ0n) is 7.65. The maximum atomic E-state index is 11.2. The van der Waals surface area contributed by atoms with Crippen LogP contribution in [0.25, 0.3) is 0 Å². The molecule has 0 unspecified atom stereocenters. The molecule has 0 aliphatic heterocycles. The van der Waals surface area contributed by atoms with Crippen LogP contribution in [-0.4, -0.2) is 29.3 Å². The summed E-state index contributed by atoms with van der Waals surface area (Å²) < 4.78 is 4.46. The highest BCUT2D eigenvalue weighted by molar-refractivity contribution is 6.33. The van der Waals surface area contributed by atoms with Crippen molar-refractivity contribution in [1.29, 1.82) is 0 Å². The van der Waals surface area contributed by atoms with Gasteiger partial charge in [-0.05, 0) is 6.07 Å². The number of halogens is 1. The fourth-order valence-electron chi connectivity index (χ4n) is 0.942. The number of hydrogen-bond acceptors (Lipinski definition) is 4. The maximum Gasteiger partial charge on any atom is 0.409 e. The molecule has 0 saturated carbocycles. The van der Waals surface area contributed by atoms with E-state index in [0.717, 1.165) is 0 Å². The van der Waals surface area contributed by atoms with E-state index in [4.69, 9.17) is 16.7 Å². The van der Waals surface area contributed by atoms with Gasteiger partial charge in [-0.3, -0.25) is 5.32 Å². The SMILES string of the molecule is COC(=O)c1ccnc(Cl)c1NC(=O)O. The Labute approximate surface area is 89.8 Å². The van der Waals surface area contributed by atoms with E-state index in [2.05, 4.69) is 9.72 Å². The quantitative estimate of drug-likeness (QED) is 0.595. The van der Waals surface area contributed by atoms with Crippen LogP contribution in [-0.2, 0) is 4.74 Å². The highest BCUT2D eigenvalue weighted by Gasteiger charge is 2.16. The molecule has 0 saturated heterocycles. The molecule has 7 heteroatoms. The first-order chi connectivity index (χ1) is 7.06. The molecule has 0 radical (unpaired) electrons. The van der Waals surface area contributed by atoms with Crippen LogP contribution in [0, 0.1) is 0 Å². The Hall–Kier alpha value is -1.82. The van der Waals surface area contributed by atoms with Gasteiger partial charge in [-0.1, -0.05) is 11.6 Å². The maximum absolute atomic E-state index is 11.2. The van der Waals surface area contributed by atoms with E-state index in [9.17, 15) is 9.59 Å². The minimum absolute atomic E-state index is 0.0138. The van der Waals surface area contributed by atoms with Crippen molar-refractivity contribution in [2.45, 2.75) is 0 Å². The number of rotatable bonds is 2. The van der Waals surface area contributed by atoms with Crippen LogP contribution in [0.5, 0.6) is 0 Å².